The van der Waals surface area contributed by atoms with Gasteiger partial charge in [-0.05, 0) is 12.1 Å². The number of halogens is 1. The van der Waals surface area contributed by atoms with Gasteiger partial charge in [0.05, 0.1) is 31.6 Å². The smallest absolute Gasteiger partial charge is 0.271 e. The molecule has 0 aliphatic heterocycles. The predicted molar refractivity (Wildman–Crippen MR) is 114 cm³/mol. The molecule has 0 saturated heterocycles. The van der Waals surface area contributed by atoms with Gasteiger partial charge < -0.3 is 0 Å². The van der Waals surface area contributed by atoms with Crippen LogP contribution >= 0.6 is 11.6 Å². The SMILES string of the molecule is O=[N+]([O-])c1ccc(Cl)c(/C(=N/Nc2ccc([N+](=O)[O-])cc2[N+](=O)[O-])c2ccccc2)c1. The summed E-state index contributed by atoms with van der Waals surface area (Å²) in [5, 5.41) is 37.8. The van der Waals surface area contributed by atoms with Crippen molar-refractivity contribution >= 4 is 40.1 Å². The zero-order valence-corrected chi connectivity index (χ0v) is 16.2. The van der Waals surface area contributed by atoms with Gasteiger partial charge in [-0.15, -0.1) is 0 Å². The van der Waals surface area contributed by atoms with E-state index in [0.29, 0.717) is 5.56 Å². The van der Waals surface area contributed by atoms with E-state index in [1.54, 1.807) is 30.3 Å². The number of anilines is 1. The molecule has 0 spiro atoms. The van der Waals surface area contributed by atoms with Gasteiger partial charge in [-0.25, -0.2) is 0 Å². The first-order chi connectivity index (χ1) is 14.8. The van der Waals surface area contributed by atoms with E-state index >= 15 is 0 Å². The first-order valence-corrected chi connectivity index (χ1v) is 8.92. The summed E-state index contributed by atoms with van der Waals surface area (Å²) in [4.78, 5) is 31.3. The van der Waals surface area contributed by atoms with Crippen LogP contribution in [-0.4, -0.2) is 20.5 Å². The number of hydrogen-bond donors (Lipinski definition) is 1. The minimum Gasteiger partial charge on any atom is -0.271 e. The second-order valence-corrected chi connectivity index (χ2v) is 6.48. The lowest BCUT2D eigenvalue weighted by Crippen LogP contribution is -2.09. The third kappa shape index (κ3) is 4.79. The third-order valence-electron chi connectivity index (χ3n) is 4.14. The third-order valence-corrected chi connectivity index (χ3v) is 4.47. The lowest BCUT2D eigenvalue weighted by atomic mass is 10.0. The van der Waals surface area contributed by atoms with Crippen LogP contribution in [0.2, 0.25) is 5.02 Å². The Kier molecular flexibility index (Phi) is 6.17. The summed E-state index contributed by atoms with van der Waals surface area (Å²) in [6.07, 6.45) is 0. The number of nitro benzene ring substituents is 3. The fourth-order valence-corrected chi connectivity index (χ4v) is 2.89. The Morgan fingerprint density at radius 1 is 0.806 bits per heavy atom. The van der Waals surface area contributed by atoms with Crippen LogP contribution in [0.25, 0.3) is 0 Å². The summed E-state index contributed by atoms with van der Waals surface area (Å²) in [6, 6.07) is 15.4. The lowest BCUT2D eigenvalue weighted by Gasteiger charge is -2.10. The monoisotopic (exact) mass is 441 g/mol. The Labute approximate surface area is 179 Å². The first-order valence-electron chi connectivity index (χ1n) is 8.54. The average molecular weight is 442 g/mol. The number of rotatable bonds is 7. The lowest BCUT2D eigenvalue weighted by molar-refractivity contribution is -0.393. The molecule has 31 heavy (non-hydrogen) atoms. The quantitative estimate of drug-likeness (QED) is 0.309. The Balaban J connectivity index is 2.13. The van der Waals surface area contributed by atoms with Crippen molar-refractivity contribution in [3.63, 3.8) is 0 Å². The van der Waals surface area contributed by atoms with Crippen LogP contribution in [0.4, 0.5) is 22.7 Å². The minimum atomic E-state index is -0.784. The van der Waals surface area contributed by atoms with Crippen LogP contribution in [0.1, 0.15) is 11.1 Å². The predicted octanol–water partition coefficient (Wildman–Crippen LogP) is 4.93. The van der Waals surface area contributed by atoms with Crippen molar-refractivity contribution < 1.29 is 14.8 Å². The van der Waals surface area contributed by atoms with Crippen molar-refractivity contribution in [2.75, 3.05) is 5.43 Å². The number of nitrogens with zero attached hydrogens (tertiary/aromatic N) is 4. The normalized spacial score (nSPS) is 11.1. The van der Waals surface area contributed by atoms with Crippen LogP contribution in [-0.2, 0) is 0 Å². The molecule has 0 aromatic heterocycles. The zero-order valence-electron chi connectivity index (χ0n) is 15.5. The molecule has 0 atom stereocenters. The van der Waals surface area contributed by atoms with Gasteiger partial charge in [0, 0.05) is 29.3 Å². The number of benzene rings is 3. The van der Waals surface area contributed by atoms with E-state index in [1.165, 1.54) is 18.2 Å². The van der Waals surface area contributed by atoms with E-state index in [1.807, 2.05) is 0 Å². The summed E-state index contributed by atoms with van der Waals surface area (Å²) in [6.45, 7) is 0. The first kappa shape index (κ1) is 21.3. The Morgan fingerprint density at radius 3 is 2.03 bits per heavy atom. The molecular formula is C19H12ClN5O6. The molecule has 0 unspecified atom stereocenters. The highest BCUT2D eigenvalue weighted by Crippen LogP contribution is 2.30. The molecule has 3 aromatic carbocycles. The fraction of sp³-hybridized carbons (Fsp3) is 0. The van der Waals surface area contributed by atoms with Gasteiger partial charge >= 0.3 is 5.69 Å². The molecule has 1 N–H and O–H groups in total. The standard InChI is InChI=1S/C19H12ClN5O6/c20-16-8-6-13(23(26)27)10-15(16)19(12-4-2-1-3-5-12)22-21-17-9-7-14(24(28)29)11-18(17)25(30)31/h1-11,21H/b22-19+. The Bertz CT molecular complexity index is 1220. The largest absolute Gasteiger partial charge is 0.301 e. The molecule has 3 aromatic rings. The van der Waals surface area contributed by atoms with Crippen LogP contribution in [0.15, 0.2) is 71.8 Å². The maximum absolute atomic E-state index is 11.4. The second kappa shape index (κ2) is 8.97. The van der Waals surface area contributed by atoms with Gasteiger partial charge in [0.2, 0.25) is 0 Å². The Morgan fingerprint density at radius 2 is 1.42 bits per heavy atom. The molecule has 0 aliphatic rings. The van der Waals surface area contributed by atoms with Crippen LogP contribution in [0.5, 0.6) is 0 Å². The van der Waals surface area contributed by atoms with Gasteiger partial charge in [-0.2, -0.15) is 5.10 Å². The van der Waals surface area contributed by atoms with E-state index in [9.17, 15) is 30.3 Å². The minimum absolute atomic E-state index is 0.106. The molecule has 0 amide bonds. The number of nitro groups is 3. The molecule has 0 heterocycles. The molecule has 0 bridgehead atoms. The summed E-state index contributed by atoms with van der Waals surface area (Å²) >= 11 is 6.25. The van der Waals surface area contributed by atoms with Crippen molar-refractivity contribution in [2.45, 2.75) is 0 Å². The van der Waals surface area contributed by atoms with E-state index in [-0.39, 0.29) is 27.7 Å². The van der Waals surface area contributed by atoms with Crippen molar-refractivity contribution in [3.8, 4) is 0 Å². The highest BCUT2D eigenvalue weighted by atomic mass is 35.5. The molecule has 156 valence electrons. The highest BCUT2D eigenvalue weighted by Gasteiger charge is 2.21. The molecule has 3 rings (SSSR count). The molecule has 11 nitrogen and oxygen atoms in total. The zero-order chi connectivity index (χ0) is 22.5. The number of hydrazone groups is 1. The van der Waals surface area contributed by atoms with Gasteiger partial charge in [0.1, 0.15) is 5.69 Å². The van der Waals surface area contributed by atoms with E-state index in [4.69, 9.17) is 11.6 Å². The summed E-state index contributed by atoms with van der Waals surface area (Å²) in [5.74, 6) is 0. The van der Waals surface area contributed by atoms with Crippen LogP contribution in [0.3, 0.4) is 0 Å². The summed E-state index contributed by atoms with van der Waals surface area (Å²) in [7, 11) is 0. The number of nitrogens with one attached hydrogen (secondary N) is 1. The maximum atomic E-state index is 11.4. The van der Waals surface area contributed by atoms with Crippen molar-refractivity contribution in [2.24, 2.45) is 5.10 Å². The highest BCUT2D eigenvalue weighted by molar-refractivity contribution is 6.35. The Hall–Kier alpha value is -4.38. The molecule has 0 fully saturated rings. The van der Waals surface area contributed by atoms with Crippen LogP contribution < -0.4 is 5.43 Å². The second-order valence-electron chi connectivity index (χ2n) is 6.08. The number of hydrogen-bond acceptors (Lipinski definition) is 8. The van der Waals surface area contributed by atoms with Gasteiger partial charge in [-0.3, -0.25) is 35.8 Å². The van der Waals surface area contributed by atoms with Gasteiger partial charge in [0.25, 0.3) is 11.4 Å². The summed E-state index contributed by atoms with van der Waals surface area (Å²) in [5.41, 5.74) is 2.13. The average Bonchev–Trinajstić information content (AvgIpc) is 2.75. The van der Waals surface area contributed by atoms with Gasteiger partial charge in [0.15, 0.2) is 0 Å². The molecule has 0 radical (unpaired) electrons. The molecule has 0 saturated carbocycles. The molecule has 12 heteroatoms. The fourth-order valence-electron chi connectivity index (χ4n) is 2.68. The van der Waals surface area contributed by atoms with E-state index < -0.39 is 26.1 Å². The van der Waals surface area contributed by atoms with Crippen molar-refractivity contribution in [3.05, 3.63) is 113 Å². The number of non-ortho nitro benzene ring substituents is 2. The van der Waals surface area contributed by atoms with Crippen molar-refractivity contribution in [1.29, 1.82) is 0 Å². The molecular weight excluding hydrogens is 430 g/mol. The maximum Gasteiger partial charge on any atom is 0.301 e. The van der Waals surface area contributed by atoms with E-state index in [0.717, 1.165) is 18.2 Å². The van der Waals surface area contributed by atoms with Crippen molar-refractivity contribution in [1.82, 2.24) is 0 Å². The van der Waals surface area contributed by atoms with Gasteiger partial charge in [-0.1, -0.05) is 41.9 Å². The van der Waals surface area contributed by atoms with E-state index in [2.05, 4.69) is 10.5 Å². The molecule has 0 aliphatic carbocycles. The van der Waals surface area contributed by atoms with Crippen LogP contribution in [0, 0.1) is 30.3 Å². The summed E-state index contributed by atoms with van der Waals surface area (Å²) < 4.78 is 0. The topological polar surface area (TPSA) is 154 Å².